The SMILES string of the molecule is COC(=O)c1ccccc1C(=O)Nc1nnc(Cc2ccc3c(c2)OCO3)o1. The number of ether oxygens (including phenoxy) is 3. The van der Waals surface area contributed by atoms with Gasteiger partial charge in [0.25, 0.3) is 5.91 Å². The molecule has 3 aromatic rings. The summed E-state index contributed by atoms with van der Waals surface area (Å²) in [6, 6.07) is 11.7. The highest BCUT2D eigenvalue weighted by Crippen LogP contribution is 2.33. The second kappa shape index (κ2) is 7.39. The number of esters is 1. The molecule has 0 aliphatic carbocycles. The van der Waals surface area contributed by atoms with Gasteiger partial charge in [-0.05, 0) is 29.8 Å². The molecule has 1 aromatic heterocycles. The lowest BCUT2D eigenvalue weighted by Crippen LogP contribution is -2.17. The number of nitrogens with one attached hydrogen (secondary N) is 1. The monoisotopic (exact) mass is 381 g/mol. The summed E-state index contributed by atoms with van der Waals surface area (Å²) in [6.45, 7) is 0.197. The third-order valence-corrected chi connectivity index (χ3v) is 4.06. The van der Waals surface area contributed by atoms with E-state index in [1.165, 1.54) is 19.2 Å². The van der Waals surface area contributed by atoms with Gasteiger partial charge in [-0.3, -0.25) is 10.1 Å². The Morgan fingerprint density at radius 2 is 1.86 bits per heavy atom. The van der Waals surface area contributed by atoms with Crippen LogP contribution in [0.4, 0.5) is 6.01 Å². The first kappa shape index (κ1) is 17.5. The molecule has 28 heavy (non-hydrogen) atoms. The topological polar surface area (TPSA) is 113 Å². The number of amides is 1. The Hall–Kier alpha value is -3.88. The average Bonchev–Trinajstić information content (AvgIpc) is 3.36. The molecule has 0 bridgehead atoms. The molecule has 4 rings (SSSR count). The van der Waals surface area contributed by atoms with Gasteiger partial charge >= 0.3 is 12.0 Å². The van der Waals surface area contributed by atoms with Crippen molar-refractivity contribution in [2.45, 2.75) is 6.42 Å². The molecule has 1 N–H and O–H groups in total. The molecule has 1 aliphatic heterocycles. The zero-order chi connectivity index (χ0) is 19.5. The van der Waals surface area contributed by atoms with E-state index in [-0.39, 0.29) is 23.9 Å². The van der Waals surface area contributed by atoms with E-state index in [4.69, 9.17) is 18.6 Å². The second-order valence-corrected chi connectivity index (χ2v) is 5.86. The minimum atomic E-state index is -0.611. The third-order valence-electron chi connectivity index (χ3n) is 4.06. The first-order chi connectivity index (χ1) is 13.6. The molecule has 1 aliphatic rings. The van der Waals surface area contributed by atoms with Gasteiger partial charge in [-0.25, -0.2) is 4.79 Å². The van der Waals surface area contributed by atoms with Crippen molar-refractivity contribution in [3.63, 3.8) is 0 Å². The van der Waals surface area contributed by atoms with E-state index in [9.17, 15) is 9.59 Å². The smallest absolute Gasteiger partial charge is 0.338 e. The Bertz CT molecular complexity index is 1050. The molecule has 0 fully saturated rings. The number of aromatic nitrogens is 2. The Morgan fingerprint density at radius 3 is 2.68 bits per heavy atom. The highest BCUT2D eigenvalue weighted by molar-refractivity contribution is 6.10. The number of fused-ring (bicyclic) bond motifs is 1. The maximum atomic E-state index is 12.5. The van der Waals surface area contributed by atoms with Gasteiger partial charge in [-0.2, -0.15) is 0 Å². The molecule has 1 amide bonds. The molecule has 0 spiro atoms. The summed E-state index contributed by atoms with van der Waals surface area (Å²) in [7, 11) is 1.25. The van der Waals surface area contributed by atoms with E-state index in [0.717, 1.165) is 5.56 Å². The number of hydrogen-bond acceptors (Lipinski definition) is 8. The quantitative estimate of drug-likeness (QED) is 0.671. The van der Waals surface area contributed by atoms with Crippen molar-refractivity contribution in [1.29, 1.82) is 0 Å². The third kappa shape index (κ3) is 3.50. The number of rotatable bonds is 5. The lowest BCUT2D eigenvalue weighted by atomic mass is 10.1. The first-order valence-corrected chi connectivity index (χ1v) is 8.33. The van der Waals surface area contributed by atoms with Crippen LogP contribution < -0.4 is 14.8 Å². The molecular weight excluding hydrogens is 366 g/mol. The van der Waals surface area contributed by atoms with Gasteiger partial charge in [-0.1, -0.05) is 23.3 Å². The van der Waals surface area contributed by atoms with Crippen molar-refractivity contribution in [2.75, 3.05) is 19.2 Å². The molecule has 9 heteroatoms. The zero-order valence-electron chi connectivity index (χ0n) is 14.8. The molecule has 0 saturated heterocycles. The number of carbonyl (C=O) groups is 2. The van der Waals surface area contributed by atoms with E-state index >= 15 is 0 Å². The largest absolute Gasteiger partial charge is 0.465 e. The van der Waals surface area contributed by atoms with Crippen LogP contribution >= 0.6 is 0 Å². The van der Waals surface area contributed by atoms with Crippen LogP contribution in [0.1, 0.15) is 32.2 Å². The highest BCUT2D eigenvalue weighted by atomic mass is 16.7. The molecule has 0 radical (unpaired) electrons. The van der Waals surface area contributed by atoms with Crippen molar-refractivity contribution >= 4 is 17.9 Å². The molecule has 0 atom stereocenters. The number of methoxy groups -OCH3 is 1. The molecule has 0 saturated carbocycles. The van der Waals surface area contributed by atoms with Crippen LogP contribution in [0.2, 0.25) is 0 Å². The van der Waals surface area contributed by atoms with Crippen LogP contribution in [-0.2, 0) is 11.2 Å². The van der Waals surface area contributed by atoms with Crippen LogP contribution in [0.3, 0.4) is 0 Å². The maximum absolute atomic E-state index is 12.5. The first-order valence-electron chi connectivity index (χ1n) is 8.33. The standard InChI is InChI=1S/C19H15N3O6/c1-25-18(24)13-5-3-2-4-12(13)17(23)20-19-22-21-16(28-19)9-11-6-7-14-15(8-11)27-10-26-14/h2-8H,9-10H2,1H3,(H,20,22,23). The molecule has 9 nitrogen and oxygen atoms in total. The fraction of sp³-hybridized carbons (Fsp3) is 0.158. The van der Waals surface area contributed by atoms with E-state index in [0.29, 0.717) is 23.8 Å². The van der Waals surface area contributed by atoms with E-state index in [2.05, 4.69) is 15.5 Å². The predicted molar refractivity (Wildman–Crippen MR) is 95.4 cm³/mol. The van der Waals surface area contributed by atoms with Crippen LogP contribution in [-0.4, -0.2) is 36.0 Å². The molecule has 2 heterocycles. The molecule has 142 valence electrons. The summed E-state index contributed by atoms with van der Waals surface area (Å²) in [5.41, 5.74) is 1.18. The summed E-state index contributed by atoms with van der Waals surface area (Å²) in [6.07, 6.45) is 0.359. The molecule has 0 unspecified atom stereocenters. The van der Waals surface area contributed by atoms with Gasteiger partial charge in [-0.15, -0.1) is 5.10 Å². The minimum Gasteiger partial charge on any atom is -0.465 e. The number of carbonyl (C=O) groups excluding carboxylic acids is 2. The van der Waals surface area contributed by atoms with Crippen molar-refractivity contribution in [2.24, 2.45) is 0 Å². The van der Waals surface area contributed by atoms with E-state index < -0.39 is 11.9 Å². The number of hydrogen-bond donors (Lipinski definition) is 1. The van der Waals surface area contributed by atoms with Crippen LogP contribution in [0.15, 0.2) is 46.9 Å². The maximum Gasteiger partial charge on any atom is 0.338 e. The Balaban J connectivity index is 1.47. The Labute approximate surface area is 159 Å². The fourth-order valence-electron chi connectivity index (χ4n) is 2.73. The summed E-state index contributed by atoms with van der Waals surface area (Å²) < 4.78 is 20.8. The van der Waals surface area contributed by atoms with Gasteiger partial charge in [0, 0.05) is 0 Å². The van der Waals surface area contributed by atoms with Gasteiger partial charge in [0.15, 0.2) is 11.5 Å². The van der Waals surface area contributed by atoms with Crippen molar-refractivity contribution in [3.05, 3.63) is 65.0 Å². The molecule has 2 aromatic carbocycles. The summed E-state index contributed by atoms with van der Waals surface area (Å²) in [4.78, 5) is 24.3. The van der Waals surface area contributed by atoms with Crippen molar-refractivity contribution in [3.8, 4) is 11.5 Å². The van der Waals surface area contributed by atoms with Crippen LogP contribution in [0.5, 0.6) is 11.5 Å². The average molecular weight is 381 g/mol. The van der Waals surface area contributed by atoms with Crippen molar-refractivity contribution in [1.82, 2.24) is 10.2 Å². The lowest BCUT2D eigenvalue weighted by molar-refractivity contribution is 0.0597. The van der Waals surface area contributed by atoms with Crippen molar-refractivity contribution < 1.29 is 28.2 Å². The summed E-state index contributed by atoms with van der Waals surface area (Å²) >= 11 is 0. The summed E-state index contributed by atoms with van der Waals surface area (Å²) in [5, 5.41) is 10.2. The number of anilines is 1. The number of benzene rings is 2. The lowest BCUT2D eigenvalue weighted by Gasteiger charge is -2.06. The Morgan fingerprint density at radius 1 is 1.07 bits per heavy atom. The highest BCUT2D eigenvalue weighted by Gasteiger charge is 2.19. The van der Waals surface area contributed by atoms with Gasteiger partial charge < -0.3 is 18.6 Å². The van der Waals surface area contributed by atoms with Gasteiger partial charge in [0.2, 0.25) is 12.7 Å². The minimum absolute atomic E-state index is 0.0691. The van der Waals surface area contributed by atoms with Crippen LogP contribution in [0, 0.1) is 0 Å². The van der Waals surface area contributed by atoms with E-state index in [1.54, 1.807) is 18.2 Å². The van der Waals surface area contributed by atoms with Crippen LogP contribution in [0.25, 0.3) is 0 Å². The van der Waals surface area contributed by atoms with Gasteiger partial charge in [0.05, 0.1) is 24.7 Å². The van der Waals surface area contributed by atoms with Gasteiger partial charge in [0.1, 0.15) is 0 Å². The predicted octanol–water partition coefficient (Wildman–Crippen LogP) is 2.43. The second-order valence-electron chi connectivity index (χ2n) is 5.86. The van der Waals surface area contributed by atoms with E-state index in [1.807, 2.05) is 12.1 Å². The number of nitrogens with zero attached hydrogens (tertiary/aromatic N) is 2. The normalized spacial score (nSPS) is 11.9. The fourth-order valence-corrected chi connectivity index (χ4v) is 2.73. The Kier molecular flexibility index (Phi) is 4.63. The zero-order valence-corrected chi connectivity index (χ0v) is 14.8. The summed E-state index contributed by atoms with van der Waals surface area (Å²) in [5.74, 6) is 0.492. The molecular formula is C19H15N3O6.